The molecule has 0 aromatic carbocycles. The molecule has 4 heteroatoms. The molecule has 0 aliphatic rings. The maximum atomic E-state index is 10.2. The monoisotopic (exact) mass is 145 g/mol. The highest BCUT2D eigenvalue weighted by Gasteiger charge is 2.09. The normalized spacial score (nSPS) is 11.8. The molecule has 0 fully saturated rings. The molecule has 0 spiro atoms. The first kappa shape index (κ1) is 8.81. The number of nitrogens with one attached hydrogen (secondary N) is 1. The summed E-state index contributed by atoms with van der Waals surface area (Å²) in [5, 5.41) is 10.9. The van der Waals surface area contributed by atoms with Gasteiger partial charge >= 0.3 is 5.97 Å². The Bertz CT molecular complexity index is 144. The van der Waals surface area contributed by atoms with Gasteiger partial charge in [0, 0.05) is 0 Å². The molecule has 0 aliphatic heterocycles. The second-order valence-corrected chi connectivity index (χ2v) is 1.83. The van der Waals surface area contributed by atoms with Crippen molar-refractivity contribution in [2.75, 3.05) is 7.11 Å². The summed E-state index contributed by atoms with van der Waals surface area (Å²) in [5.41, 5.74) is 0. The van der Waals surface area contributed by atoms with Crippen LogP contribution in [0, 0.1) is 0 Å². The molecule has 1 atom stereocenters. The van der Waals surface area contributed by atoms with Crippen LogP contribution in [0.4, 0.5) is 0 Å². The molecule has 0 heterocycles. The summed E-state index contributed by atoms with van der Waals surface area (Å²) in [4.78, 5) is 10.2. The molecule has 0 saturated heterocycles. The minimum Gasteiger partial charge on any atom is -0.483 e. The number of rotatable bonds is 4. The predicted molar refractivity (Wildman–Crippen MR) is 36.4 cm³/mol. The highest BCUT2D eigenvalue weighted by atomic mass is 16.5. The molecule has 0 bridgehead atoms. The molecule has 0 aromatic rings. The number of aliphatic carboxylic acids is 1. The van der Waals surface area contributed by atoms with Crippen molar-refractivity contribution >= 4 is 5.97 Å². The lowest BCUT2D eigenvalue weighted by molar-refractivity contribution is -0.139. The fourth-order valence-corrected chi connectivity index (χ4v) is 0.362. The molecule has 0 amide bonds. The molecule has 58 valence electrons. The second-order valence-electron chi connectivity index (χ2n) is 1.83. The first-order chi connectivity index (χ1) is 4.57. The van der Waals surface area contributed by atoms with Gasteiger partial charge in [-0.25, -0.2) is 0 Å². The molecular weight excluding hydrogens is 134 g/mol. The zero-order valence-corrected chi connectivity index (χ0v) is 6.05. The number of methoxy groups -OCH3 is 1. The molecule has 0 radical (unpaired) electrons. The Labute approximate surface area is 59.5 Å². The molecule has 10 heavy (non-hydrogen) atoms. The molecule has 0 unspecified atom stereocenters. The summed E-state index contributed by atoms with van der Waals surface area (Å²) in [7, 11) is 1.42. The summed E-state index contributed by atoms with van der Waals surface area (Å²) in [5.74, 6) is -0.673. The van der Waals surface area contributed by atoms with Gasteiger partial charge in [-0.15, -0.1) is 0 Å². The SMILES string of the molecule is C=C(N[C@@H](C)C(=O)O)OC. The van der Waals surface area contributed by atoms with Crippen LogP contribution in [-0.4, -0.2) is 24.2 Å². The topological polar surface area (TPSA) is 58.6 Å². The third-order valence-corrected chi connectivity index (χ3v) is 0.994. The minimum atomic E-state index is -0.932. The van der Waals surface area contributed by atoms with Crippen LogP contribution in [0.1, 0.15) is 6.92 Å². The van der Waals surface area contributed by atoms with Crippen molar-refractivity contribution in [3.8, 4) is 0 Å². The van der Waals surface area contributed by atoms with Gasteiger partial charge in [-0.1, -0.05) is 0 Å². The Hall–Kier alpha value is -1.19. The summed E-state index contributed by atoms with van der Waals surface area (Å²) in [6.45, 7) is 4.91. The fraction of sp³-hybridized carbons (Fsp3) is 0.500. The lowest BCUT2D eigenvalue weighted by atomic mass is 10.3. The third-order valence-electron chi connectivity index (χ3n) is 0.994. The molecule has 4 nitrogen and oxygen atoms in total. The number of carboxylic acids is 1. The van der Waals surface area contributed by atoms with E-state index in [1.165, 1.54) is 14.0 Å². The first-order valence-corrected chi connectivity index (χ1v) is 2.80. The molecule has 0 saturated carbocycles. The Morgan fingerprint density at radius 3 is 2.60 bits per heavy atom. The second kappa shape index (κ2) is 3.76. The van der Waals surface area contributed by atoms with Crippen LogP contribution in [-0.2, 0) is 9.53 Å². The average molecular weight is 145 g/mol. The van der Waals surface area contributed by atoms with E-state index < -0.39 is 12.0 Å². The van der Waals surface area contributed by atoms with Crippen LogP contribution in [0.3, 0.4) is 0 Å². The van der Waals surface area contributed by atoms with Crippen LogP contribution in [0.5, 0.6) is 0 Å². The summed E-state index contributed by atoms with van der Waals surface area (Å²) >= 11 is 0. The van der Waals surface area contributed by atoms with Crippen molar-refractivity contribution in [1.82, 2.24) is 5.32 Å². The van der Waals surface area contributed by atoms with Crippen molar-refractivity contribution in [3.63, 3.8) is 0 Å². The Morgan fingerprint density at radius 2 is 2.30 bits per heavy atom. The molecule has 2 N–H and O–H groups in total. The van der Waals surface area contributed by atoms with Gasteiger partial charge in [-0.3, -0.25) is 4.79 Å². The largest absolute Gasteiger partial charge is 0.483 e. The summed E-state index contributed by atoms with van der Waals surface area (Å²) in [6, 6.07) is -0.660. The van der Waals surface area contributed by atoms with Crippen molar-refractivity contribution in [2.45, 2.75) is 13.0 Å². The van der Waals surface area contributed by atoms with Gasteiger partial charge in [0.2, 0.25) is 0 Å². The van der Waals surface area contributed by atoms with Gasteiger partial charge in [0.25, 0.3) is 0 Å². The van der Waals surface area contributed by atoms with Gasteiger partial charge in [0.05, 0.1) is 7.11 Å². The van der Waals surface area contributed by atoms with E-state index >= 15 is 0 Å². The number of hydrogen-bond donors (Lipinski definition) is 2. The van der Waals surface area contributed by atoms with E-state index in [9.17, 15) is 4.79 Å². The first-order valence-electron chi connectivity index (χ1n) is 2.80. The summed E-state index contributed by atoms with van der Waals surface area (Å²) in [6.07, 6.45) is 0. The van der Waals surface area contributed by atoms with Gasteiger partial charge in [-0.05, 0) is 13.5 Å². The quantitative estimate of drug-likeness (QED) is 0.553. The minimum absolute atomic E-state index is 0.259. The van der Waals surface area contributed by atoms with Crippen molar-refractivity contribution in [3.05, 3.63) is 12.5 Å². The Morgan fingerprint density at radius 1 is 1.80 bits per heavy atom. The molecule has 0 rings (SSSR count). The standard InChI is InChI=1S/C6H11NO3/c1-4(6(8)9)7-5(2)10-3/h4,7H,2H2,1,3H3,(H,8,9)/t4-/m0/s1. The Kier molecular flexibility index (Phi) is 3.32. The van der Waals surface area contributed by atoms with E-state index in [4.69, 9.17) is 5.11 Å². The predicted octanol–water partition coefficient (Wildman–Crippen LogP) is 0.167. The van der Waals surface area contributed by atoms with Crippen molar-refractivity contribution in [2.24, 2.45) is 0 Å². The number of hydrogen-bond acceptors (Lipinski definition) is 3. The maximum Gasteiger partial charge on any atom is 0.325 e. The zero-order valence-electron chi connectivity index (χ0n) is 6.05. The lowest BCUT2D eigenvalue weighted by Crippen LogP contribution is -2.33. The van der Waals surface area contributed by atoms with Gasteiger partial charge < -0.3 is 15.2 Å². The average Bonchev–Trinajstić information content (AvgIpc) is 1.87. The van der Waals surface area contributed by atoms with E-state index in [0.29, 0.717) is 0 Å². The van der Waals surface area contributed by atoms with Crippen LogP contribution in [0.25, 0.3) is 0 Å². The highest BCUT2D eigenvalue weighted by molar-refractivity contribution is 5.73. The van der Waals surface area contributed by atoms with Gasteiger partial charge in [0.1, 0.15) is 6.04 Å². The summed E-state index contributed by atoms with van der Waals surface area (Å²) < 4.78 is 4.60. The van der Waals surface area contributed by atoms with E-state index in [1.54, 1.807) is 0 Å². The van der Waals surface area contributed by atoms with Gasteiger partial charge in [0.15, 0.2) is 5.88 Å². The maximum absolute atomic E-state index is 10.2. The van der Waals surface area contributed by atoms with E-state index in [2.05, 4.69) is 16.6 Å². The van der Waals surface area contributed by atoms with Crippen LogP contribution in [0.2, 0.25) is 0 Å². The van der Waals surface area contributed by atoms with Crippen molar-refractivity contribution in [1.29, 1.82) is 0 Å². The van der Waals surface area contributed by atoms with Gasteiger partial charge in [-0.2, -0.15) is 0 Å². The van der Waals surface area contributed by atoms with Crippen molar-refractivity contribution < 1.29 is 14.6 Å². The van der Waals surface area contributed by atoms with E-state index in [0.717, 1.165) is 0 Å². The van der Waals surface area contributed by atoms with E-state index in [-0.39, 0.29) is 5.88 Å². The molecule has 0 aliphatic carbocycles. The van der Waals surface area contributed by atoms with Crippen LogP contribution < -0.4 is 5.32 Å². The van der Waals surface area contributed by atoms with E-state index in [1.807, 2.05) is 0 Å². The zero-order chi connectivity index (χ0) is 8.15. The number of carbonyl (C=O) groups is 1. The molecular formula is C6H11NO3. The lowest BCUT2D eigenvalue weighted by Gasteiger charge is -2.10. The van der Waals surface area contributed by atoms with Crippen LogP contribution in [0.15, 0.2) is 12.5 Å². The third kappa shape index (κ3) is 2.96. The smallest absolute Gasteiger partial charge is 0.325 e. The number of carboxylic acid groups (broad SMARTS) is 1. The fourth-order valence-electron chi connectivity index (χ4n) is 0.362. The highest BCUT2D eigenvalue weighted by Crippen LogP contribution is 1.88. The Balaban J connectivity index is 3.68. The molecule has 0 aromatic heterocycles. The number of ether oxygens (including phenoxy) is 1. The van der Waals surface area contributed by atoms with Crippen LogP contribution >= 0.6 is 0 Å².